The number of carbonyl (C=O) groups is 1. The minimum absolute atomic E-state index is 0.0770. The Bertz CT molecular complexity index is 752. The van der Waals surface area contributed by atoms with Crippen molar-refractivity contribution < 1.29 is 9.53 Å². The standard InChI is InChI=1S/C17H21BrN4O2/c1-11-9-21(16(23)24-17(2,3)4)10-13-14(15(18)20-22(11)13)12-5-7-19-8-6-12/h5-8,11H,9-10H2,1-4H3. The Labute approximate surface area is 149 Å². The number of amides is 1. The van der Waals surface area contributed by atoms with Gasteiger partial charge < -0.3 is 9.64 Å². The summed E-state index contributed by atoms with van der Waals surface area (Å²) in [4.78, 5) is 18.3. The highest BCUT2D eigenvalue weighted by atomic mass is 79.9. The second-order valence-corrected chi connectivity index (χ2v) is 7.75. The van der Waals surface area contributed by atoms with Gasteiger partial charge in [0.2, 0.25) is 0 Å². The molecule has 3 rings (SSSR count). The molecule has 1 aliphatic rings. The first kappa shape index (κ1) is 17.0. The summed E-state index contributed by atoms with van der Waals surface area (Å²) in [6.45, 7) is 8.72. The predicted molar refractivity (Wildman–Crippen MR) is 94.5 cm³/mol. The zero-order valence-corrected chi connectivity index (χ0v) is 15.9. The van der Waals surface area contributed by atoms with Crippen LogP contribution in [0, 0.1) is 0 Å². The van der Waals surface area contributed by atoms with Gasteiger partial charge in [-0.1, -0.05) is 0 Å². The SMILES string of the molecule is CC1CN(C(=O)OC(C)(C)C)Cc2c(-c3ccncc3)c(Br)nn21. The second kappa shape index (κ2) is 6.20. The van der Waals surface area contributed by atoms with Crippen LogP contribution in [0.1, 0.15) is 39.4 Å². The number of carbonyl (C=O) groups excluding carboxylic acids is 1. The Morgan fingerprint density at radius 1 is 1.33 bits per heavy atom. The minimum Gasteiger partial charge on any atom is -0.444 e. The molecule has 2 aromatic heterocycles. The molecule has 0 aliphatic carbocycles. The highest BCUT2D eigenvalue weighted by Crippen LogP contribution is 2.36. The van der Waals surface area contributed by atoms with Crippen LogP contribution in [0.2, 0.25) is 0 Å². The van der Waals surface area contributed by atoms with Gasteiger partial charge in [-0.2, -0.15) is 5.10 Å². The van der Waals surface area contributed by atoms with Crippen molar-refractivity contribution in [1.29, 1.82) is 0 Å². The summed E-state index contributed by atoms with van der Waals surface area (Å²) in [5.74, 6) is 0. The summed E-state index contributed by atoms with van der Waals surface area (Å²) in [6, 6.07) is 3.97. The number of nitrogens with zero attached hydrogens (tertiary/aromatic N) is 4. The van der Waals surface area contributed by atoms with Gasteiger partial charge in [0.25, 0.3) is 0 Å². The lowest BCUT2D eigenvalue weighted by atomic mass is 10.1. The van der Waals surface area contributed by atoms with Crippen molar-refractivity contribution in [2.24, 2.45) is 0 Å². The summed E-state index contributed by atoms with van der Waals surface area (Å²) in [5, 5.41) is 4.61. The fraction of sp³-hybridized carbons (Fsp3) is 0.471. The molecule has 1 unspecified atom stereocenters. The molecule has 1 amide bonds. The molecule has 1 atom stereocenters. The smallest absolute Gasteiger partial charge is 0.410 e. The Hall–Kier alpha value is -1.89. The van der Waals surface area contributed by atoms with Crippen LogP contribution in [-0.2, 0) is 11.3 Å². The van der Waals surface area contributed by atoms with Crippen LogP contribution < -0.4 is 0 Å². The zero-order chi connectivity index (χ0) is 17.5. The van der Waals surface area contributed by atoms with E-state index in [1.54, 1.807) is 17.3 Å². The molecular weight excluding hydrogens is 372 g/mol. The van der Waals surface area contributed by atoms with Crippen molar-refractivity contribution in [3.8, 4) is 11.1 Å². The maximum atomic E-state index is 12.5. The van der Waals surface area contributed by atoms with E-state index >= 15 is 0 Å². The van der Waals surface area contributed by atoms with E-state index in [2.05, 4.69) is 32.9 Å². The molecule has 0 saturated carbocycles. The van der Waals surface area contributed by atoms with E-state index in [0.717, 1.165) is 21.4 Å². The molecule has 1 aliphatic heterocycles. The molecule has 3 heterocycles. The third kappa shape index (κ3) is 3.31. The first-order valence-electron chi connectivity index (χ1n) is 7.91. The molecule has 0 radical (unpaired) electrons. The molecule has 6 nitrogen and oxygen atoms in total. The normalized spacial score (nSPS) is 17.5. The Morgan fingerprint density at radius 2 is 2.00 bits per heavy atom. The summed E-state index contributed by atoms with van der Waals surface area (Å²) in [5.41, 5.74) is 2.51. The van der Waals surface area contributed by atoms with Gasteiger partial charge in [-0.3, -0.25) is 9.67 Å². The Balaban J connectivity index is 1.96. The average molecular weight is 393 g/mol. The number of rotatable bonds is 1. The number of fused-ring (bicyclic) bond motifs is 1. The fourth-order valence-corrected chi connectivity index (χ4v) is 3.49. The van der Waals surface area contributed by atoms with Crippen molar-refractivity contribution in [3.63, 3.8) is 0 Å². The molecule has 0 fully saturated rings. The van der Waals surface area contributed by atoms with Gasteiger partial charge >= 0.3 is 6.09 Å². The molecule has 24 heavy (non-hydrogen) atoms. The highest BCUT2D eigenvalue weighted by molar-refractivity contribution is 9.10. The molecule has 0 bridgehead atoms. The minimum atomic E-state index is -0.507. The van der Waals surface area contributed by atoms with Crippen molar-refractivity contribution in [3.05, 3.63) is 34.8 Å². The third-order valence-electron chi connectivity index (χ3n) is 3.83. The number of ether oxygens (including phenoxy) is 1. The van der Waals surface area contributed by atoms with Gasteiger partial charge in [0.15, 0.2) is 0 Å². The average Bonchev–Trinajstić information content (AvgIpc) is 2.83. The van der Waals surface area contributed by atoms with Gasteiger partial charge in [-0.15, -0.1) is 0 Å². The number of pyridine rings is 1. The lowest BCUT2D eigenvalue weighted by molar-refractivity contribution is 0.0167. The molecule has 0 spiro atoms. The van der Waals surface area contributed by atoms with Crippen molar-refractivity contribution in [2.75, 3.05) is 6.54 Å². The Morgan fingerprint density at radius 3 is 2.62 bits per heavy atom. The van der Waals surface area contributed by atoms with E-state index in [1.165, 1.54) is 0 Å². The highest BCUT2D eigenvalue weighted by Gasteiger charge is 2.32. The van der Waals surface area contributed by atoms with Gasteiger partial charge in [0, 0.05) is 24.5 Å². The fourth-order valence-electron chi connectivity index (χ4n) is 2.87. The molecule has 0 N–H and O–H groups in total. The first-order chi connectivity index (χ1) is 11.3. The van der Waals surface area contributed by atoms with E-state index in [4.69, 9.17) is 4.74 Å². The maximum Gasteiger partial charge on any atom is 0.410 e. The van der Waals surface area contributed by atoms with Crippen molar-refractivity contribution in [2.45, 2.75) is 45.9 Å². The molecule has 0 saturated heterocycles. The van der Waals surface area contributed by atoms with E-state index in [1.807, 2.05) is 37.6 Å². The van der Waals surface area contributed by atoms with Crippen LogP contribution in [0.5, 0.6) is 0 Å². The van der Waals surface area contributed by atoms with E-state index < -0.39 is 5.60 Å². The predicted octanol–water partition coefficient (Wildman–Crippen LogP) is 4.02. The Kier molecular flexibility index (Phi) is 4.38. The quantitative estimate of drug-likeness (QED) is 0.734. The molecule has 7 heteroatoms. The van der Waals surface area contributed by atoms with Gasteiger partial charge in [-0.25, -0.2) is 4.79 Å². The van der Waals surface area contributed by atoms with E-state index in [0.29, 0.717) is 13.1 Å². The van der Waals surface area contributed by atoms with Gasteiger partial charge in [0.1, 0.15) is 10.2 Å². The lowest BCUT2D eigenvalue weighted by Crippen LogP contribution is -2.43. The van der Waals surface area contributed by atoms with Gasteiger partial charge in [-0.05, 0) is 61.3 Å². The van der Waals surface area contributed by atoms with Gasteiger partial charge in [0.05, 0.1) is 18.3 Å². The monoisotopic (exact) mass is 392 g/mol. The largest absolute Gasteiger partial charge is 0.444 e. The number of hydrogen-bond donors (Lipinski definition) is 0. The summed E-state index contributed by atoms with van der Waals surface area (Å²) < 4.78 is 8.29. The van der Waals surface area contributed by atoms with Crippen molar-refractivity contribution in [1.82, 2.24) is 19.7 Å². The van der Waals surface area contributed by atoms with Crippen LogP contribution in [0.15, 0.2) is 29.1 Å². The zero-order valence-electron chi connectivity index (χ0n) is 14.3. The van der Waals surface area contributed by atoms with Crippen LogP contribution in [0.4, 0.5) is 4.79 Å². The number of aromatic nitrogens is 3. The second-order valence-electron chi connectivity index (χ2n) is 7.00. The first-order valence-corrected chi connectivity index (χ1v) is 8.71. The summed E-state index contributed by atoms with van der Waals surface area (Å²) >= 11 is 3.56. The topological polar surface area (TPSA) is 60.3 Å². The van der Waals surface area contributed by atoms with E-state index in [9.17, 15) is 4.79 Å². The lowest BCUT2D eigenvalue weighted by Gasteiger charge is -2.34. The van der Waals surface area contributed by atoms with Crippen molar-refractivity contribution >= 4 is 22.0 Å². The van der Waals surface area contributed by atoms with Crippen LogP contribution in [0.3, 0.4) is 0 Å². The van der Waals surface area contributed by atoms with Crippen LogP contribution in [0.25, 0.3) is 11.1 Å². The molecule has 0 aromatic carbocycles. The number of hydrogen-bond acceptors (Lipinski definition) is 4. The molecule has 2 aromatic rings. The van der Waals surface area contributed by atoms with Crippen LogP contribution >= 0.6 is 15.9 Å². The van der Waals surface area contributed by atoms with Crippen LogP contribution in [-0.4, -0.2) is 37.9 Å². The third-order valence-corrected chi connectivity index (χ3v) is 4.39. The summed E-state index contributed by atoms with van der Waals surface area (Å²) in [6.07, 6.45) is 3.21. The summed E-state index contributed by atoms with van der Waals surface area (Å²) in [7, 11) is 0. The molecule has 128 valence electrons. The van der Waals surface area contributed by atoms with E-state index in [-0.39, 0.29) is 12.1 Å². The number of halogens is 1. The maximum absolute atomic E-state index is 12.5. The molecular formula is C17H21BrN4O2.